The van der Waals surface area contributed by atoms with E-state index in [1.807, 2.05) is 0 Å². The van der Waals surface area contributed by atoms with Gasteiger partial charge in [-0.05, 0) is 32.0 Å². The van der Waals surface area contributed by atoms with Crippen LogP contribution in [0.15, 0.2) is 24.3 Å². The van der Waals surface area contributed by atoms with E-state index in [-0.39, 0.29) is 5.78 Å². The summed E-state index contributed by atoms with van der Waals surface area (Å²) in [5, 5.41) is 7.91. The quantitative estimate of drug-likeness (QED) is 0.799. The van der Waals surface area contributed by atoms with Gasteiger partial charge in [-0.15, -0.1) is 0 Å². The standard InChI is InChI=1S/C15H16N2O3/c1-9-5-14(10(2)17-16-9)15(18)11-6-12(19-3)8-13(7-11)20-4/h5-8H,1-4H3. The summed E-state index contributed by atoms with van der Waals surface area (Å²) >= 11 is 0. The third kappa shape index (κ3) is 2.77. The summed E-state index contributed by atoms with van der Waals surface area (Å²) in [7, 11) is 3.10. The molecule has 0 saturated carbocycles. The molecule has 1 aromatic heterocycles. The zero-order chi connectivity index (χ0) is 14.7. The first-order chi connectivity index (χ1) is 9.55. The zero-order valence-corrected chi connectivity index (χ0v) is 11.9. The molecule has 0 bridgehead atoms. The molecule has 1 aromatic carbocycles. The van der Waals surface area contributed by atoms with Crippen LogP contribution in [-0.2, 0) is 0 Å². The lowest BCUT2D eigenvalue weighted by atomic mass is 10.0. The second-order valence-electron chi connectivity index (χ2n) is 4.42. The van der Waals surface area contributed by atoms with Crippen LogP contribution in [0.25, 0.3) is 0 Å². The summed E-state index contributed by atoms with van der Waals surface area (Å²) in [5.41, 5.74) is 2.33. The fourth-order valence-corrected chi connectivity index (χ4v) is 1.87. The van der Waals surface area contributed by atoms with E-state index in [1.165, 1.54) is 0 Å². The average molecular weight is 272 g/mol. The predicted octanol–water partition coefficient (Wildman–Crippen LogP) is 2.34. The molecule has 0 fully saturated rings. The topological polar surface area (TPSA) is 61.3 Å². The fraction of sp³-hybridized carbons (Fsp3) is 0.267. The van der Waals surface area contributed by atoms with Crippen LogP contribution >= 0.6 is 0 Å². The second kappa shape index (κ2) is 5.69. The summed E-state index contributed by atoms with van der Waals surface area (Å²) in [4.78, 5) is 12.6. The summed E-state index contributed by atoms with van der Waals surface area (Å²) in [6.45, 7) is 3.56. The molecule has 0 radical (unpaired) electrons. The Labute approximate surface area is 117 Å². The summed E-state index contributed by atoms with van der Waals surface area (Å²) in [6, 6.07) is 6.82. The first-order valence-corrected chi connectivity index (χ1v) is 6.14. The van der Waals surface area contributed by atoms with E-state index in [2.05, 4.69) is 10.2 Å². The Balaban J connectivity index is 2.50. The second-order valence-corrected chi connectivity index (χ2v) is 4.42. The van der Waals surface area contributed by atoms with Crippen molar-refractivity contribution in [1.29, 1.82) is 0 Å². The van der Waals surface area contributed by atoms with Crippen molar-refractivity contribution in [3.05, 3.63) is 46.8 Å². The van der Waals surface area contributed by atoms with Crippen molar-refractivity contribution in [3.8, 4) is 11.5 Å². The highest BCUT2D eigenvalue weighted by Crippen LogP contribution is 2.24. The molecule has 0 aliphatic heterocycles. The molecule has 2 aromatic rings. The van der Waals surface area contributed by atoms with Crippen LogP contribution in [0.2, 0.25) is 0 Å². The number of ketones is 1. The van der Waals surface area contributed by atoms with Crippen molar-refractivity contribution in [2.24, 2.45) is 0 Å². The van der Waals surface area contributed by atoms with E-state index in [0.717, 1.165) is 0 Å². The number of nitrogens with zero attached hydrogens (tertiary/aromatic N) is 2. The molecule has 2 rings (SSSR count). The lowest BCUT2D eigenvalue weighted by Gasteiger charge is -2.09. The molecule has 5 heteroatoms. The molecular weight excluding hydrogens is 256 g/mol. The largest absolute Gasteiger partial charge is 0.497 e. The molecule has 0 saturated heterocycles. The molecule has 104 valence electrons. The van der Waals surface area contributed by atoms with E-state index in [9.17, 15) is 4.79 Å². The van der Waals surface area contributed by atoms with Gasteiger partial charge in [-0.1, -0.05) is 0 Å². The van der Waals surface area contributed by atoms with E-state index in [1.54, 1.807) is 52.3 Å². The normalized spacial score (nSPS) is 10.2. The van der Waals surface area contributed by atoms with Gasteiger partial charge in [-0.2, -0.15) is 10.2 Å². The minimum absolute atomic E-state index is 0.127. The van der Waals surface area contributed by atoms with Crippen LogP contribution in [-0.4, -0.2) is 30.2 Å². The summed E-state index contributed by atoms with van der Waals surface area (Å²) in [5.74, 6) is 1.02. The number of hydrogen-bond acceptors (Lipinski definition) is 5. The number of carbonyl (C=O) groups is 1. The molecule has 0 spiro atoms. The highest BCUT2D eigenvalue weighted by molar-refractivity contribution is 6.10. The van der Waals surface area contributed by atoms with Crippen molar-refractivity contribution >= 4 is 5.78 Å². The molecule has 0 aliphatic carbocycles. The molecule has 0 amide bonds. The van der Waals surface area contributed by atoms with Crippen molar-refractivity contribution < 1.29 is 14.3 Å². The van der Waals surface area contributed by atoms with E-state index >= 15 is 0 Å². The smallest absolute Gasteiger partial charge is 0.195 e. The highest BCUT2D eigenvalue weighted by atomic mass is 16.5. The Morgan fingerprint density at radius 1 is 0.950 bits per heavy atom. The minimum atomic E-state index is -0.127. The Hall–Kier alpha value is -2.43. The van der Waals surface area contributed by atoms with Crippen molar-refractivity contribution in [3.63, 3.8) is 0 Å². The third-order valence-corrected chi connectivity index (χ3v) is 2.96. The number of ether oxygens (including phenoxy) is 2. The van der Waals surface area contributed by atoms with Gasteiger partial charge in [0.2, 0.25) is 0 Å². The van der Waals surface area contributed by atoms with Gasteiger partial charge in [0.25, 0.3) is 0 Å². The molecule has 5 nitrogen and oxygen atoms in total. The Bertz CT molecular complexity index is 631. The molecule has 0 unspecified atom stereocenters. The third-order valence-electron chi connectivity index (χ3n) is 2.96. The Morgan fingerprint density at radius 3 is 2.10 bits per heavy atom. The number of aromatic nitrogens is 2. The number of aryl methyl sites for hydroxylation is 2. The molecule has 0 atom stereocenters. The minimum Gasteiger partial charge on any atom is -0.497 e. The maximum atomic E-state index is 12.6. The predicted molar refractivity (Wildman–Crippen MR) is 74.5 cm³/mol. The maximum absolute atomic E-state index is 12.6. The number of hydrogen-bond donors (Lipinski definition) is 0. The van der Waals surface area contributed by atoms with Gasteiger partial charge in [0.05, 0.1) is 25.6 Å². The number of methoxy groups -OCH3 is 2. The van der Waals surface area contributed by atoms with Gasteiger partial charge in [0.15, 0.2) is 5.78 Å². The summed E-state index contributed by atoms with van der Waals surface area (Å²) in [6.07, 6.45) is 0. The van der Waals surface area contributed by atoms with E-state index < -0.39 is 0 Å². The lowest BCUT2D eigenvalue weighted by molar-refractivity contribution is 0.103. The van der Waals surface area contributed by atoms with Crippen LogP contribution in [0, 0.1) is 13.8 Å². The first-order valence-electron chi connectivity index (χ1n) is 6.14. The van der Waals surface area contributed by atoms with Crippen LogP contribution in [0.1, 0.15) is 27.3 Å². The number of carbonyl (C=O) groups excluding carboxylic acids is 1. The first kappa shape index (κ1) is 14.0. The van der Waals surface area contributed by atoms with Crippen molar-refractivity contribution in [2.75, 3.05) is 14.2 Å². The van der Waals surface area contributed by atoms with Crippen LogP contribution < -0.4 is 9.47 Å². The molecule has 1 heterocycles. The number of benzene rings is 1. The van der Waals surface area contributed by atoms with Gasteiger partial charge in [0, 0.05) is 17.2 Å². The van der Waals surface area contributed by atoms with Crippen molar-refractivity contribution in [2.45, 2.75) is 13.8 Å². The Morgan fingerprint density at radius 2 is 1.55 bits per heavy atom. The van der Waals surface area contributed by atoms with Crippen molar-refractivity contribution in [1.82, 2.24) is 10.2 Å². The monoisotopic (exact) mass is 272 g/mol. The van der Waals surface area contributed by atoms with Gasteiger partial charge >= 0.3 is 0 Å². The average Bonchev–Trinajstić information content (AvgIpc) is 2.48. The highest BCUT2D eigenvalue weighted by Gasteiger charge is 2.15. The fourth-order valence-electron chi connectivity index (χ4n) is 1.87. The van der Waals surface area contributed by atoms with Gasteiger partial charge < -0.3 is 9.47 Å². The van der Waals surface area contributed by atoms with Gasteiger partial charge in [-0.3, -0.25) is 4.79 Å². The van der Waals surface area contributed by atoms with Crippen LogP contribution in [0.5, 0.6) is 11.5 Å². The molecule has 20 heavy (non-hydrogen) atoms. The van der Waals surface area contributed by atoms with Gasteiger partial charge in [0.1, 0.15) is 11.5 Å². The lowest BCUT2D eigenvalue weighted by Crippen LogP contribution is -2.07. The molecule has 0 N–H and O–H groups in total. The van der Waals surface area contributed by atoms with Crippen LogP contribution in [0.4, 0.5) is 0 Å². The van der Waals surface area contributed by atoms with Crippen LogP contribution in [0.3, 0.4) is 0 Å². The van der Waals surface area contributed by atoms with E-state index in [0.29, 0.717) is 34.0 Å². The number of rotatable bonds is 4. The van der Waals surface area contributed by atoms with Gasteiger partial charge in [-0.25, -0.2) is 0 Å². The molecular formula is C15H16N2O3. The summed E-state index contributed by atoms with van der Waals surface area (Å²) < 4.78 is 10.4. The Kier molecular flexibility index (Phi) is 3.98. The zero-order valence-electron chi connectivity index (χ0n) is 11.9. The maximum Gasteiger partial charge on any atom is 0.195 e. The molecule has 0 aliphatic rings. The SMILES string of the molecule is COc1cc(OC)cc(C(=O)c2cc(C)nnc2C)c1. The van der Waals surface area contributed by atoms with E-state index in [4.69, 9.17) is 9.47 Å².